The molecule has 0 aliphatic carbocycles. The number of hydrogen-bond donors (Lipinski definition) is 1. The molecule has 96 valence electrons. The number of hydrogen-bond acceptors (Lipinski definition) is 1. The van der Waals surface area contributed by atoms with Gasteiger partial charge in [0.05, 0.1) is 0 Å². The highest BCUT2D eigenvalue weighted by Gasteiger charge is 2.11. The third-order valence-electron chi connectivity index (χ3n) is 3.13. The Morgan fingerprint density at radius 2 is 1.94 bits per heavy atom. The lowest BCUT2D eigenvalue weighted by atomic mass is 10.0. The lowest BCUT2D eigenvalue weighted by molar-refractivity contribution is 0.405. The highest BCUT2D eigenvalue weighted by atomic mass is 19.1. The molecule has 1 aromatic rings. The first-order chi connectivity index (χ1) is 8.17. The SMILES string of the molecule is CCCC(CC)NC(C)Cc1ccccc1F. The van der Waals surface area contributed by atoms with Crippen molar-refractivity contribution < 1.29 is 4.39 Å². The molecule has 2 atom stereocenters. The minimum absolute atomic E-state index is 0.0929. The van der Waals surface area contributed by atoms with Crippen LogP contribution < -0.4 is 5.32 Å². The molecule has 0 saturated heterocycles. The molecular weight excluding hydrogens is 213 g/mol. The van der Waals surface area contributed by atoms with Crippen molar-refractivity contribution in [3.05, 3.63) is 35.6 Å². The molecule has 0 aromatic heterocycles. The van der Waals surface area contributed by atoms with E-state index in [0.29, 0.717) is 12.1 Å². The van der Waals surface area contributed by atoms with Crippen molar-refractivity contribution in [2.24, 2.45) is 0 Å². The van der Waals surface area contributed by atoms with Crippen molar-refractivity contribution >= 4 is 0 Å². The van der Waals surface area contributed by atoms with E-state index in [0.717, 1.165) is 18.4 Å². The topological polar surface area (TPSA) is 12.0 Å². The second-order valence-electron chi connectivity index (χ2n) is 4.76. The lowest BCUT2D eigenvalue weighted by Gasteiger charge is -2.22. The Balaban J connectivity index is 2.49. The molecule has 1 rings (SSSR count). The summed E-state index contributed by atoms with van der Waals surface area (Å²) in [6.07, 6.45) is 4.28. The van der Waals surface area contributed by atoms with Crippen molar-refractivity contribution in [2.75, 3.05) is 0 Å². The van der Waals surface area contributed by atoms with Gasteiger partial charge in [-0.1, -0.05) is 38.5 Å². The summed E-state index contributed by atoms with van der Waals surface area (Å²) in [4.78, 5) is 0. The number of rotatable bonds is 7. The fourth-order valence-electron chi connectivity index (χ4n) is 2.21. The normalized spacial score (nSPS) is 14.6. The minimum Gasteiger partial charge on any atom is -0.311 e. The van der Waals surface area contributed by atoms with E-state index in [2.05, 4.69) is 26.1 Å². The Morgan fingerprint density at radius 3 is 2.53 bits per heavy atom. The molecule has 0 saturated carbocycles. The van der Waals surface area contributed by atoms with Gasteiger partial charge in [-0.2, -0.15) is 0 Å². The summed E-state index contributed by atoms with van der Waals surface area (Å²) in [6, 6.07) is 7.92. The van der Waals surface area contributed by atoms with E-state index < -0.39 is 0 Å². The second kappa shape index (κ2) is 7.44. The maximum Gasteiger partial charge on any atom is 0.126 e. The van der Waals surface area contributed by atoms with Gasteiger partial charge in [-0.15, -0.1) is 0 Å². The van der Waals surface area contributed by atoms with Crippen LogP contribution in [0, 0.1) is 5.82 Å². The van der Waals surface area contributed by atoms with Gasteiger partial charge in [-0.3, -0.25) is 0 Å². The van der Waals surface area contributed by atoms with Gasteiger partial charge in [-0.25, -0.2) is 4.39 Å². The maximum atomic E-state index is 13.5. The second-order valence-corrected chi connectivity index (χ2v) is 4.76. The van der Waals surface area contributed by atoms with Crippen molar-refractivity contribution in [1.82, 2.24) is 5.32 Å². The summed E-state index contributed by atoms with van der Waals surface area (Å²) in [5, 5.41) is 3.58. The molecule has 0 aliphatic rings. The van der Waals surface area contributed by atoms with Crippen LogP contribution in [0.1, 0.15) is 45.6 Å². The fourth-order valence-corrected chi connectivity index (χ4v) is 2.21. The van der Waals surface area contributed by atoms with Crippen molar-refractivity contribution in [3.8, 4) is 0 Å². The third-order valence-corrected chi connectivity index (χ3v) is 3.13. The van der Waals surface area contributed by atoms with E-state index in [1.54, 1.807) is 6.07 Å². The maximum absolute atomic E-state index is 13.5. The quantitative estimate of drug-likeness (QED) is 0.757. The van der Waals surface area contributed by atoms with Crippen molar-refractivity contribution in [1.29, 1.82) is 0 Å². The Bertz CT molecular complexity index is 324. The average Bonchev–Trinajstić information content (AvgIpc) is 2.31. The van der Waals surface area contributed by atoms with Gasteiger partial charge in [0.1, 0.15) is 5.82 Å². The molecule has 0 fully saturated rings. The average molecular weight is 237 g/mol. The van der Waals surface area contributed by atoms with Crippen LogP contribution in [0.25, 0.3) is 0 Å². The van der Waals surface area contributed by atoms with Crippen molar-refractivity contribution in [2.45, 2.75) is 58.5 Å². The third kappa shape index (κ3) is 4.86. The van der Waals surface area contributed by atoms with Gasteiger partial charge in [0.25, 0.3) is 0 Å². The zero-order chi connectivity index (χ0) is 12.7. The minimum atomic E-state index is -0.0929. The molecule has 0 heterocycles. The van der Waals surface area contributed by atoms with E-state index in [1.165, 1.54) is 18.9 Å². The van der Waals surface area contributed by atoms with Gasteiger partial charge in [-0.05, 0) is 37.8 Å². The smallest absolute Gasteiger partial charge is 0.126 e. The van der Waals surface area contributed by atoms with E-state index >= 15 is 0 Å². The zero-order valence-electron chi connectivity index (χ0n) is 11.2. The van der Waals surface area contributed by atoms with Crippen LogP contribution in [-0.2, 0) is 6.42 Å². The van der Waals surface area contributed by atoms with Gasteiger partial charge in [0.2, 0.25) is 0 Å². The summed E-state index contributed by atoms with van der Waals surface area (Å²) in [7, 11) is 0. The van der Waals surface area contributed by atoms with Gasteiger partial charge in [0.15, 0.2) is 0 Å². The lowest BCUT2D eigenvalue weighted by Crippen LogP contribution is -2.37. The van der Waals surface area contributed by atoms with E-state index in [-0.39, 0.29) is 5.82 Å². The van der Waals surface area contributed by atoms with E-state index in [4.69, 9.17) is 0 Å². The molecule has 1 aromatic carbocycles. The summed E-state index contributed by atoms with van der Waals surface area (Å²) in [6.45, 7) is 6.53. The summed E-state index contributed by atoms with van der Waals surface area (Å²) >= 11 is 0. The van der Waals surface area contributed by atoms with Crippen LogP contribution in [0.15, 0.2) is 24.3 Å². The molecule has 2 heteroatoms. The molecule has 2 unspecified atom stereocenters. The van der Waals surface area contributed by atoms with Gasteiger partial charge < -0.3 is 5.32 Å². The van der Waals surface area contributed by atoms with E-state index in [1.807, 2.05) is 12.1 Å². The number of benzene rings is 1. The molecule has 17 heavy (non-hydrogen) atoms. The Kier molecular flexibility index (Phi) is 6.20. The van der Waals surface area contributed by atoms with Crippen molar-refractivity contribution in [3.63, 3.8) is 0 Å². The molecule has 0 bridgehead atoms. The summed E-state index contributed by atoms with van der Waals surface area (Å²) in [5.41, 5.74) is 0.804. The molecule has 1 nitrogen and oxygen atoms in total. The van der Waals surface area contributed by atoms with Crippen LogP contribution in [-0.4, -0.2) is 12.1 Å². The zero-order valence-corrected chi connectivity index (χ0v) is 11.2. The number of halogens is 1. The summed E-state index contributed by atoms with van der Waals surface area (Å²) in [5.74, 6) is -0.0929. The van der Waals surface area contributed by atoms with Crippen LogP contribution in [0.3, 0.4) is 0 Å². The van der Waals surface area contributed by atoms with Crippen LogP contribution in [0.5, 0.6) is 0 Å². The largest absolute Gasteiger partial charge is 0.311 e. The van der Waals surface area contributed by atoms with Gasteiger partial charge >= 0.3 is 0 Å². The predicted octanol–water partition coefficient (Wildman–Crippen LogP) is 3.93. The Morgan fingerprint density at radius 1 is 1.24 bits per heavy atom. The molecule has 0 aliphatic heterocycles. The van der Waals surface area contributed by atoms with Gasteiger partial charge in [0, 0.05) is 12.1 Å². The van der Waals surface area contributed by atoms with E-state index in [9.17, 15) is 4.39 Å². The van der Waals surface area contributed by atoms with Crippen LogP contribution >= 0.6 is 0 Å². The fraction of sp³-hybridized carbons (Fsp3) is 0.600. The highest BCUT2D eigenvalue weighted by molar-refractivity contribution is 5.18. The molecule has 0 radical (unpaired) electrons. The Hall–Kier alpha value is -0.890. The molecular formula is C15H24FN. The molecule has 1 N–H and O–H groups in total. The standard InChI is InChI=1S/C15H24FN/c1-4-8-14(5-2)17-12(3)11-13-9-6-7-10-15(13)16/h6-7,9-10,12,14,17H,4-5,8,11H2,1-3H3. The molecule has 0 amide bonds. The summed E-state index contributed by atoms with van der Waals surface area (Å²) < 4.78 is 13.5. The first-order valence-corrected chi connectivity index (χ1v) is 6.66. The number of nitrogens with one attached hydrogen (secondary N) is 1. The highest BCUT2D eigenvalue weighted by Crippen LogP contribution is 2.10. The first kappa shape index (κ1) is 14.2. The monoisotopic (exact) mass is 237 g/mol. The van der Waals surface area contributed by atoms with Crippen LogP contribution in [0.4, 0.5) is 4.39 Å². The predicted molar refractivity (Wildman–Crippen MR) is 71.7 cm³/mol. The molecule has 0 spiro atoms. The van der Waals surface area contributed by atoms with Crippen LogP contribution in [0.2, 0.25) is 0 Å². The first-order valence-electron chi connectivity index (χ1n) is 6.66. The Labute approximate surface area is 104 Å².